The Morgan fingerprint density at radius 3 is 2.33 bits per heavy atom. The molecule has 0 unspecified atom stereocenters. The number of rotatable bonds is 3. The smallest absolute Gasteiger partial charge is 0.305 e. The molecule has 0 heterocycles. The second-order valence-electron chi connectivity index (χ2n) is 2.22. The topological polar surface area (TPSA) is 90.4 Å². The van der Waals surface area contributed by atoms with Crippen molar-refractivity contribution in [2.45, 2.75) is 0 Å². The van der Waals surface area contributed by atoms with E-state index in [2.05, 4.69) is 0 Å². The third kappa shape index (κ3) is 3.50. The zero-order valence-electron chi connectivity index (χ0n) is 6.31. The minimum atomic E-state index is -3.30. The lowest BCUT2D eigenvalue weighted by Gasteiger charge is -2.08. The highest BCUT2D eigenvalue weighted by atomic mass is 31.2. The summed E-state index contributed by atoms with van der Waals surface area (Å²) in [5.74, 6) is 0.508. The van der Waals surface area contributed by atoms with E-state index in [1.807, 2.05) is 11.3 Å². The number of nitrogens with one attached hydrogen (secondary N) is 1. The summed E-state index contributed by atoms with van der Waals surface area (Å²) in [6.07, 6.45) is 0. The maximum absolute atomic E-state index is 10.7. The fraction of sp³-hybridized carbons (Fsp3) is 0. The van der Waals surface area contributed by atoms with Crippen LogP contribution in [-0.4, -0.2) is 0 Å². The molecular weight excluding hydrogens is 177 g/mol. The van der Waals surface area contributed by atoms with Crippen LogP contribution in [0.1, 0.15) is 0 Å². The van der Waals surface area contributed by atoms with Crippen LogP contribution in [-0.2, 0) is 4.57 Å². The Labute approximate surface area is 70.2 Å². The van der Waals surface area contributed by atoms with Crippen LogP contribution >= 0.6 is 7.59 Å². The van der Waals surface area contributed by atoms with Gasteiger partial charge in [-0.25, -0.2) is 0 Å². The summed E-state index contributed by atoms with van der Waals surface area (Å²) in [6, 6.07) is 8.74. The van der Waals surface area contributed by atoms with Crippen LogP contribution in [0.15, 0.2) is 30.3 Å². The third-order valence-electron chi connectivity index (χ3n) is 1.05. The Kier molecular flexibility index (Phi) is 2.83. The average Bonchev–Trinajstić information content (AvgIpc) is 2.02. The molecule has 66 valence electrons. The van der Waals surface area contributed by atoms with Crippen LogP contribution < -0.4 is 21.1 Å². The fourth-order valence-corrected chi connectivity index (χ4v) is 0.861. The van der Waals surface area contributed by atoms with E-state index < -0.39 is 7.59 Å². The summed E-state index contributed by atoms with van der Waals surface area (Å²) in [5, 5.41) is 2.05. The molecule has 0 saturated carbocycles. The predicted molar refractivity (Wildman–Crippen MR) is 46.2 cm³/mol. The van der Waals surface area contributed by atoms with Gasteiger partial charge in [-0.05, 0) is 12.1 Å². The molecule has 0 aliphatic heterocycles. The van der Waals surface area contributed by atoms with E-state index >= 15 is 0 Å². The molecular formula is C6H10N3O2P. The fourth-order valence-electron chi connectivity index (χ4n) is 0.613. The molecule has 0 aliphatic carbocycles. The molecule has 1 aromatic rings. The molecule has 5 N–H and O–H groups in total. The van der Waals surface area contributed by atoms with Crippen molar-refractivity contribution < 1.29 is 9.40 Å². The van der Waals surface area contributed by atoms with Crippen molar-refractivity contribution in [1.29, 1.82) is 0 Å². The van der Waals surface area contributed by atoms with Crippen molar-refractivity contribution in [2.75, 3.05) is 0 Å². The van der Waals surface area contributed by atoms with Crippen LogP contribution in [0, 0.1) is 0 Å². The lowest BCUT2D eigenvalue weighted by atomic mass is 10.3. The molecule has 0 spiro atoms. The van der Waals surface area contributed by atoms with E-state index in [4.69, 9.17) is 15.8 Å². The van der Waals surface area contributed by atoms with Gasteiger partial charge in [-0.3, -0.25) is 15.6 Å². The molecule has 0 fully saturated rings. The SMILES string of the molecule is NP(N)(=O)NOc1ccccc1. The molecule has 0 bridgehead atoms. The van der Waals surface area contributed by atoms with Gasteiger partial charge in [-0.1, -0.05) is 23.4 Å². The molecule has 12 heavy (non-hydrogen) atoms. The summed E-state index contributed by atoms with van der Waals surface area (Å²) in [5.41, 5.74) is 9.96. The van der Waals surface area contributed by atoms with Crippen LogP contribution in [0.4, 0.5) is 0 Å². The summed E-state index contributed by atoms with van der Waals surface area (Å²) in [7, 11) is -3.30. The molecule has 0 atom stereocenters. The highest BCUT2D eigenvalue weighted by Crippen LogP contribution is 2.18. The Morgan fingerprint density at radius 2 is 1.83 bits per heavy atom. The minimum Gasteiger partial charge on any atom is -0.400 e. The largest absolute Gasteiger partial charge is 0.400 e. The van der Waals surface area contributed by atoms with E-state index in [9.17, 15) is 4.57 Å². The number of hydrogen-bond donors (Lipinski definition) is 3. The zero-order valence-corrected chi connectivity index (χ0v) is 7.20. The van der Waals surface area contributed by atoms with Gasteiger partial charge in [0.05, 0.1) is 0 Å². The van der Waals surface area contributed by atoms with Crippen LogP contribution in [0.3, 0.4) is 0 Å². The Morgan fingerprint density at radius 1 is 1.25 bits per heavy atom. The van der Waals surface area contributed by atoms with Gasteiger partial charge in [0.25, 0.3) is 0 Å². The van der Waals surface area contributed by atoms with Gasteiger partial charge in [0, 0.05) is 0 Å². The summed E-state index contributed by atoms with van der Waals surface area (Å²) < 4.78 is 10.7. The van der Waals surface area contributed by atoms with Crippen molar-refractivity contribution in [3.05, 3.63) is 30.3 Å². The van der Waals surface area contributed by atoms with Crippen molar-refractivity contribution in [3.63, 3.8) is 0 Å². The zero-order chi connectivity index (χ0) is 9.03. The minimum absolute atomic E-state index is 0.508. The monoisotopic (exact) mass is 187 g/mol. The first-order valence-corrected chi connectivity index (χ1v) is 5.09. The van der Waals surface area contributed by atoms with Crippen LogP contribution in [0.2, 0.25) is 0 Å². The van der Waals surface area contributed by atoms with Gasteiger partial charge in [0.15, 0.2) is 0 Å². The van der Waals surface area contributed by atoms with Crippen molar-refractivity contribution >= 4 is 7.59 Å². The van der Waals surface area contributed by atoms with Gasteiger partial charge in [-0.2, -0.15) is 0 Å². The lowest BCUT2D eigenvalue weighted by Crippen LogP contribution is -2.25. The highest BCUT2D eigenvalue weighted by Gasteiger charge is 2.06. The first-order chi connectivity index (χ1) is 5.58. The molecule has 0 amide bonds. The van der Waals surface area contributed by atoms with Crippen molar-refractivity contribution in [2.24, 2.45) is 11.0 Å². The molecule has 0 aromatic heterocycles. The molecule has 1 rings (SSSR count). The third-order valence-corrected chi connectivity index (χ3v) is 1.43. The average molecular weight is 187 g/mol. The number of nitrogens with two attached hydrogens (primary N) is 2. The van der Waals surface area contributed by atoms with E-state index in [-0.39, 0.29) is 0 Å². The standard InChI is InChI=1S/C6H10N3O2P/c7-12(8,10)9-11-6-4-2-1-3-5-6/h1-5H,(H5,7,8,9,10). The van der Waals surface area contributed by atoms with Crippen molar-refractivity contribution in [1.82, 2.24) is 5.25 Å². The van der Waals surface area contributed by atoms with Gasteiger partial charge in [-0.15, -0.1) is 0 Å². The Balaban J connectivity index is 2.50. The van der Waals surface area contributed by atoms with Crippen LogP contribution in [0.25, 0.3) is 0 Å². The molecule has 6 heteroatoms. The Bertz CT molecular complexity index is 284. The molecule has 1 aromatic carbocycles. The molecule has 0 radical (unpaired) electrons. The summed E-state index contributed by atoms with van der Waals surface area (Å²) in [6.45, 7) is 0. The number of para-hydroxylation sites is 1. The highest BCUT2D eigenvalue weighted by molar-refractivity contribution is 7.56. The van der Waals surface area contributed by atoms with Gasteiger partial charge in [0.1, 0.15) is 5.75 Å². The number of benzene rings is 1. The van der Waals surface area contributed by atoms with Gasteiger partial charge >= 0.3 is 7.59 Å². The second kappa shape index (κ2) is 3.69. The van der Waals surface area contributed by atoms with E-state index in [1.165, 1.54) is 0 Å². The summed E-state index contributed by atoms with van der Waals surface area (Å²) in [4.78, 5) is 4.81. The van der Waals surface area contributed by atoms with Crippen molar-refractivity contribution in [3.8, 4) is 5.75 Å². The van der Waals surface area contributed by atoms with E-state index in [0.29, 0.717) is 5.75 Å². The first-order valence-electron chi connectivity index (χ1n) is 3.24. The lowest BCUT2D eigenvalue weighted by molar-refractivity contribution is 0.267. The summed E-state index contributed by atoms with van der Waals surface area (Å²) >= 11 is 0. The first kappa shape index (κ1) is 9.22. The number of hydrogen-bond acceptors (Lipinski definition) is 2. The molecule has 0 aliphatic rings. The van der Waals surface area contributed by atoms with E-state index in [1.54, 1.807) is 24.3 Å². The van der Waals surface area contributed by atoms with Gasteiger partial charge < -0.3 is 4.84 Å². The molecule has 5 nitrogen and oxygen atoms in total. The maximum atomic E-state index is 10.7. The molecule has 0 saturated heterocycles. The normalized spacial score (nSPS) is 11.2. The van der Waals surface area contributed by atoms with Crippen LogP contribution in [0.5, 0.6) is 5.75 Å². The quantitative estimate of drug-likeness (QED) is 0.476. The van der Waals surface area contributed by atoms with E-state index in [0.717, 1.165) is 0 Å². The van der Waals surface area contributed by atoms with Gasteiger partial charge in [0.2, 0.25) is 0 Å². The predicted octanol–water partition coefficient (Wildman–Crippen LogP) is 0.595. The second-order valence-corrected chi connectivity index (χ2v) is 3.82. The Hall–Kier alpha value is -0.870. The maximum Gasteiger partial charge on any atom is 0.305 e.